The smallest absolute Gasteiger partial charge is 0.341 e. The van der Waals surface area contributed by atoms with Crippen molar-refractivity contribution in [2.75, 3.05) is 24.6 Å². The molecule has 3 aromatic heterocycles. The third-order valence-electron chi connectivity index (χ3n) is 10.5. The van der Waals surface area contributed by atoms with E-state index in [0.717, 1.165) is 29.1 Å². The number of esters is 1. The molecule has 4 aliphatic heterocycles. The number of carbonyl (C=O) groups is 1. The van der Waals surface area contributed by atoms with E-state index in [-0.39, 0.29) is 41.6 Å². The van der Waals surface area contributed by atoms with Gasteiger partial charge in [0.25, 0.3) is 0 Å². The average Bonchev–Trinajstić information content (AvgIpc) is 3.42. The number of nitrogens with zero attached hydrogens (tertiary/aromatic N) is 4. The highest BCUT2D eigenvalue weighted by Crippen LogP contribution is 2.47. The number of carbonyl (C=O) groups excluding carboxylic acids is 1. The molecule has 7 heterocycles. The Labute approximate surface area is 310 Å². The third kappa shape index (κ3) is 6.56. The van der Waals surface area contributed by atoms with E-state index in [2.05, 4.69) is 19.9 Å². The van der Waals surface area contributed by atoms with Gasteiger partial charge < -0.3 is 45.2 Å². The van der Waals surface area contributed by atoms with Gasteiger partial charge in [0.15, 0.2) is 11.0 Å². The van der Waals surface area contributed by atoms with Crippen molar-refractivity contribution in [3.05, 3.63) is 92.7 Å². The number of aliphatic imine (C=N–C) groups is 1. The normalized spacial score (nSPS) is 22.0. The number of aromatic hydroxyl groups is 1. The van der Waals surface area contributed by atoms with Crippen LogP contribution in [0.15, 0.2) is 74.1 Å². The molecule has 54 heavy (non-hydrogen) atoms. The van der Waals surface area contributed by atoms with E-state index in [1.54, 1.807) is 45.2 Å². The number of aryl methyl sites for hydroxylation is 2. The first-order valence-electron chi connectivity index (χ1n) is 18.0. The number of aliphatic hydroxyl groups is 1. The summed E-state index contributed by atoms with van der Waals surface area (Å²) in [6.07, 6.45) is 6.24. The fourth-order valence-electron chi connectivity index (χ4n) is 7.69. The number of benzene rings is 1. The summed E-state index contributed by atoms with van der Waals surface area (Å²) in [4.78, 5) is 42.4. The molecule has 0 amide bonds. The molecule has 0 saturated carbocycles. The number of epoxide rings is 1. The Morgan fingerprint density at radius 1 is 1.11 bits per heavy atom. The summed E-state index contributed by atoms with van der Waals surface area (Å²) in [5.41, 5.74) is 15.7. The molecule has 1 aromatic carbocycles. The first-order valence-corrected chi connectivity index (χ1v) is 18.0. The summed E-state index contributed by atoms with van der Waals surface area (Å²) in [6, 6.07) is 10.4. The van der Waals surface area contributed by atoms with Crippen LogP contribution in [0.2, 0.25) is 0 Å². The fraction of sp³-hybridized carbons (Fsp3) is 0.375. The molecule has 1 saturated heterocycles. The van der Waals surface area contributed by atoms with Gasteiger partial charge in [-0.1, -0.05) is 0 Å². The number of hydrogen-bond donors (Lipinski definition) is 4. The third-order valence-corrected chi connectivity index (χ3v) is 10.5. The lowest BCUT2D eigenvalue weighted by Crippen LogP contribution is -2.50. The summed E-state index contributed by atoms with van der Waals surface area (Å²) < 4.78 is 24.2. The summed E-state index contributed by atoms with van der Waals surface area (Å²) in [6.45, 7) is 6.42. The summed E-state index contributed by atoms with van der Waals surface area (Å²) in [5.74, 6) is 0.635. The van der Waals surface area contributed by atoms with E-state index in [0.29, 0.717) is 60.2 Å². The first kappa shape index (κ1) is 35.3. The number of pyridine rings is 2. The van der Waals surface area contributed by atoms with Gasteiger partial charge in [-0.15, -0.1) is 0 Å². The number of phenolic OH excluding ortho intramolecular Hbond substituents is 1. The van der Waals surface area contributed by atoms with Crippen LogP contribution < -0.4 is 21.6 Å². The largest absolute Gasteiger partial charge is 0.507 e. The van der Waals surface area contributed by atoms with Crippen molar-refractivity contribution >= 4 is 34.8 Å². The van der Waals surface area contributed by atoms with Crippen molar-refractivity contribution in [1.82, 2.24) is 14.9 Å². The molecule has 8 rings (SSSR count). The van der Waals surface area contributed by atoms with Crippen LogP contribution in [-0.4, -0.2) is 73.8 Å². The van der Waals surface area contributed by atoms with Crippen molar-refractivity contribution in [2.45, 2.75) is 82.8 Å². The molecule has 0 spiro atoms. The highest BCUT2D eigenvalue weighted by atomic mass is 16.7. The van der Waals surface area contributed by atoms with Gasteiger partial charge in [-0.3, -0.25) is 9.79 Å². The summed E-state index contributed by atoms with van der Waals surface area (Å²) in [5, 5.41) is 20.9. The van der Waals surface area contributed by atoms with Crippen LogP contribution in [0.25, 0.3) is 22.2 Å². The molecule has 4 aliphatic rings. The van der Waals surface area contributed by atoms with E-state index in [9.17, 15) is 19.8 Å². The second kappa shape index (κ2) is 13.3. The molecule has 3 atom stereocenters. The van der Waals surface area contributed by atoms with Gasteiger partial charge in [0.2, 0.25) is 0 Å². The van der Waals surface area contributed by atoms with E-state index < -0.39 is 29.4 Å². The Balaban J connectivity index is 0.970. The zero-order valence-corrected chi connectivity index (χ0v) is 30.3. The second-order valence-electron chi connectivity index (χ2n) is 14.9. The van der Waals surface area contributed by atoms with Crippen LogP contribution in [0.3, 0.4) is 0 Å². The summed E-state index contributed by atoms with van der Waals surface area (Å²) in [7, 11) is 0. The lowest BCUT2D eigenvalue weighted by atomic mass is 9.89. The Morgan fingerprint density at radius 2 is 1.93 bits per heavy atom. The number of aliphatic hydroxyl groups excluding tert-OH is 1. The quantitative estimate of drug-likeness (QED) is 0.125. The van der Waals surface area contributed by atoms with Crippen molar-refractivity contribution in [3.63, 3.8) is 0 Å². The number of fused-ring (bicyclic) bond motifs is 3. The highest BCUT2D eigenvalue weighted by molar-refractivity contribution is 5.87. The number of hydrogen-bond acceptors (Lipinski definition) is 14. The Morgan fingerprint density at radius 3 is 2.72 bits per heavy atom. The Hall–Kier alpha value is -5.73. The molecule has 280 valence electrons. The van der Waals surface area contributed by atoms with Crippen molar-refractivity contribution < 1.29 is 33.6 Å². The fourth-order valence-corrected chi connectivity index (χ4v) is 7.69. The first-order chi connectivity index (χ1) is 25.8. The SMILES string of the molecule is Cc1cc(=O)c2c(O)c3c(cc2o1)OC(C)(C)[C@H](OC(=O)[C@]1(CCCO)O[C@@H]1CCc1cc(N)nc(-c2cc(N)nc(CN4C=C5N=CC=C5C4)c2)c1)C3. The monoisotopic (exact) mass is 734 g/mol. The van der Waals surface area contributed by atoms with Crippen LogP contribution in [-0.2, 0) is 33.7 Å². The second-order valence-corrected chi connectivity index (χ2v) is 14.9. The standard InChI is InChI=1S/C40H42N6O8/c1-21-11-29(48)36-31(51-21)17-30-26(37(36)49)16-33(39(2,3)53-30)52-38(50)40(8-4-10-47)32(54-40)6-5-22-12-27(45-34(41)13-22)24-14-25(44-35(42)15-24)19-46-18-23-7-9-43-28(23)20-46/h7,9,11-15,17,20,32-33,47,49H,4-6,8,10,16,18-19H2,1-3H3,(H2,41,45)(H2,42,44)/t32-,33-,40-/m1/s1. The van der Waals surface area contributed by atoms with Crippen molar-refractivity contribution in [2.24, 2.45) is 4.99 Å². The van der Waals surface area contributed by atoms with Gasteiger partial charge in [0, 0.05) is 60.8 Å². The molecule has 0 radical (unpaired) electrons. The maximum atomic E-state index is 14.0. The van der Waals surface area contributed by atoms with Crippen LogP contribution in [0, 0.1) is 6.92 Å². The van der Waals surface area contributed by atoms with Crippen LogP contribution in [0.5, 0.6) is 11.5 Å². The minimum absolute atomic E-state index is 0.0426. The van der Waals surface area contributed by atoms with Gasteiger partial charge in [-0.05, 0) is 82.4 Å². The Bertz CT molecular complexity index is 2350. The number of aromatic nitrogens is 2. The number of allylic oxidation sites excluding steroid dienone is 1. The average molecular weight is 735 g/mol. The maximum absolute atomic E-state index is 14.0. The maximum Gasteiger partial charge on any atom is 0.341 e. The molecular weight excluding hydrogens is 692 g/mol. The number of phenols is 1. The number of rotatable bonds is 11. The van der Waals surface area contributed by atoms with Crippen molar-refractivity contribution in [1.29, 1.82) is 0 Å². The van der Waals surface area contributed by atoms with E-state index in [1.807, 2.05) is 24.4 Å². The minimum atomic E-state index is -1.26. The number of nitrogens with two attached hydrogens (primary N) is 2. The van der Waals surface area contributed by atoms with E-state index in [4.69, 9.17) is 30.1 Å². The predicted molar refractivity (Wildman–Crippen MR) is 201 cm³/mol. The Kier molecular flexibility index (Phi) is 8.69. The topological polar surface area (TPSA) is 212 Å². The zero-order chi connectivity index (χ0) is 37.9. The van der Waals surface area contributed by atoms with Crippen LogP contribution >= 0.6 is 0 Å². The molecule has 0 aliphatic carbocycles. The van der Waals surface area contributed by atoms with Gasteiger partial charge in [-0.25, -0.2) is 14.8 Å². The van der Waals surface area contributed by atoms with Gasteiger partial charge in [0.05, 0.1) is 29.7 Å². The van der Waals surface area contributed by atoms with Crippen LogP contribution in [0.1, 0.15) is 55.7 Å². The molecule has 6 N–H and O–H groups in total. The number of nitrogen functional groups attached to an aromatic ring is 2. The lowest BCUT2D eigenvalue weighted by Gasteiger charge is -2.39. The van der Waals surface area contributed by atoms with Crippen LogP contribution in [0.4, 0.5) is 11.6 Å². The highest BCUT2D eigenvalue weighted by Gasteiger charge is 2.63. The minimum Gasteiger partial charge on any atom is -0.507 e. The van der Waals surface area contributed by atoms with E-state index in [1.165, 1.54) is 11.6 Å². The molecular formula is C40H42N6O8. The molecule has 14 nitrogen and oxygen atoms in total. The zero-order valence-electron chi connectivity index (χ0n) is 30.3. The van der Waals surface area contributed by atoms with E-state index >= 15 is 0 Å². The van der Waals surface area contributed by atoms with Gasteiger partial charge in [0.1, 0.15) is 51.6 Å². The predicted octanol–water partition coefficient (Wildman–Crippen LogP) is 4.26. The molecule has 1 fully saturated rings. The van der Waals surface area contributed by atoms with Gasteiger partial charge >= 0.3 is 5.97 Å². The molecule has 14 heteroatoms. The molecule has 0 bridgehead atoms. The summed E-state index contributed by atoms with van der Waals surface area (Å²) >= 11 is 0. The lowest BCUT2D eigenvalue weighted by molar-refractivity contribution is -0.168. The van der Waals surface area contributed by atoms with Gasteiger partial charge in [-0.2, -0.15) is 0 Å². The number of ether oxygens (including phenoxy) is 3. The molecule has 0 unspecified atom stereocenters. The number of anilines is 2. The molecule has 4 aromatic rings. The van der Waals surface area contributed by atoms with Crippen molar-refractivity contribution in [3.8, 4) is 22.8 Å².